The zero-order valence-corrected chi connectivity index (χ0v) is 7.89. The molecule has 0 rings (SSSR count). The fourth-order valence-corrected chi connectivity index (χ4v) is 1.33. The minimum Gasteiger partial charge on any atom is -0.245 e. The lowest BCUT2D eigenvalue weighted by Crippen LogP contribution is -2.62. The van der Waals surface area contributed by atoms with Gasteiger partial charge in [0.1, 0.15) is 12.1 Å². The molecule has 0 aromatic carbocycles. The third-order valence-corrected chi connectivity index (χ3v) is 2.47. The van der Waals surface area contributed by atoms with Gasteiger partial charge in [-0.2, -0.15) is 5.84 Å². The minimum atomic E-state index is 0.519. The van der Waals surface area contributed by atoms with Gasteiger partial charge in [-0.15, -0.1) is 0 Å². The molecule has 0 atom stereocenters. The van der Waals surface area contributed by atoms with Crippen LogP contribution in [0.2, 0.25) is 0 Å². The number of quaternary nitrogens is 1. The smallest absolute Gasteiger partial charge is 0.101 e. The van der Waals surface area contributed by atoms with Gasteiger partial charge in [0.25, 0.3) is 0 Å². The normalized spacial score (nSPS) is 13.2. The van der Waals surface area contributed by atoms with Crippen molar-refractivity contribution in [3.05, 3.63) is 0 Å². The Morgan fingerprint density at radius 3 is 1.40 bits per heavy atom. The Hall–Kier alpha value is -0.0800. The molecule has 2 nitrogen and oxygen atoms in total. The highest BCUT2D eigenvalue weighted by molar-refractivity contribution is 4.46. The first kappa shape index (κ1) is 9.92. The summed E-state index contributed by atoms with van der Waals surface area (Å²) in [6.45, 7) is 11.8. The van der Waals surface area contributed by atoms with E-state index in [4.69, 9.17) is 5.84 Å². The Bertz CT molecular complexity index is 89.4. The van der Waals surface area contributed by atoms with Gasteiger partial charge in [0.05, 0.1) is 6.54 Å². The van der Waals surface area contributed by atoms with Crippen LogP contribution in [0, 0.1) is 0 Å². The Morgan fingerprint density at radius 1 is 1.10 bits per heavy atom. The Labute approximate surface area is 64.6 Å². The second-order valence-corrected chi connectivity index (χ2v) is 3.50. The summed E-state index contributed by atoms with van der Waals surface area (Å²) in [7, 11) is 0. The van der Waals surface area contributed by atoms with E-state index in [1.165, 1.54) is 0 Å². The van der Waals surface area contributed by atoms with Crippen LogP contribution in [0.3, 0.4) is 0 Å². The van der Waals surface area contributed by atoms with E-state index in [0.717, 1.165) is 6.54 Å². The van der Waals surface area contributed by atoms with Crippen molar-refractivity contribution in [2.24, 2.45) is 5.84 Å². The van der Waals surface area contributed by atoms with Crippen molar-refractivity contribution in [3.63, 3.8) is 0 Å². The summed E-state index contributed by atoms with van der Waals surface area (Å²) in [5.74, 6) is 6.12. The summed E-state index contributed by atoms with van der Waals surface area (Å²) in [6, 6.07) is 1.04. The largest absolute Gasteiger partial charge is 0.245 e. The van der Waals surface area contributed by atoms with Crippen LogP contribution >= 0.6 is 0 Å². The molecular weight excluding hydrogens is 124 g/mol. The lowest BCUT2D eigenvalue weighted by Gasteiger charge is -2.39. The van der Waals surface area contributed by atoms with Crippen LogP contribution in [0.25, 0.3) is 0 Å². The highest BCUT2D eigenvalue weighted by Gasteiger charge is 2.28. The zero-order chi connectivity index (χ0) is 8.36. The molecule has 10 heavy (non-hydrogen) atoms. The number of nitrogens with zero attached hydrogens (tertiary/aromatic N) is 1. The van der Waals surface area contributed by atoms with E-state index >= 15 is 0 Å². The zero-order valence-electron chi connectivity index (χ0n) is 7.89. The maximum Gasteiger partial charge on any atom is 0.101 e. The number of nitrogens with two attached hydrogens (primary N) is 1. The van der Waals surface area contributed by atoms with Crippen molar-refractivity contribution < 1.29 is 4.59 Å². The molecule has 0 amide bonds. The predicted octanol–water partition coefficient (Wildman–Crippen LogP) is 1.51. The van der Waals surface area contributed by atoms with Crippen LogP contribution in [0.4, 0.5) is 0 Å². The molecule has 2 N–H and O–H groups in total. The Morgan fingerprint density at radius 2 is 1.40 bits per heavy atom. The van der Waals surface area contributed by atoms with Crippen LogP contribution in [-0.4, -0.2) is 23.2 Å². The molecule has 0 aromatic heterocycles. The van der Waals surface area contributed by atoms with Crippen molar-refractivity contribution in [2.45, 2.75) is 46.7 Å². The van der Waals surface area contributed by atoms with Crippen molar-refractivity contribution in [1.29, 1.82) is 0 Å². The molecule has 0 radical (unpaired) electrons. The lowest BCUT2D eigenvalue weighted by molar-refractivity contribution is -0.976. The van der Waals surface area contributed by atoms with E-state index in [9.17, 15) is 0 Å². The van der Waals surface area contributed by atoms with Crippen molar-refractivity contribution in [3.8, 4) is 0 Å². The monoisotopic (exact) mass is 145 g/mol. The van der Waals surface area contributed by atoms with Gasteiger partial charge in [-0.1, -0.05) is 0 Å². The summed E-state index contributed by atoms with van der Waals surface area (Å²) in [4.78, 5) is 0. The molecule has 0 heterocycles. The Balaban J connectivity index is 4.23. The molecule has 0 aliphatic heterocycles. The third kappa shape index (κ3) is 1.70. The molecule has 0 unspecified atom stereocenters. The first-order valence-electron chi connectivity index (χ1n) is 4.11. The molecule has 0 aliphatic carbocycles. The molecule has 0 saturated heterocycles. The van der Waals surface area contributed by atoms with E-state index in [1.807, 2.05) is 0 Å². The van der Waals surface area contributed by atoms with E-state index in [0.29, 0.717) is 16.7 Å². The van der Waals surface area contributed by atoms with Gasteiger partial charge < -0.3 is 0 Å². The van der Waals surface area contributed by atoms with Crippen molar-refractivity contribution >= 4 is 0 Å². The molecule has 0 fully saturated rings. The standard InChI is InChI=1S/C8H21N2/c1-6-10(9,7(2)3)8(4)5/h7-8H,6,9H2,1-5H3/q+1. The minimum absolute atomic E-state index is 0.519. The first-order chi connectivity index (χ1) is 4.45. The van der Waals surface area contributed by atoms with Gasteiger partial charge in [0.15, 0.2) is 0 Å². The SMILES string of the molecule is CC[N+](N)(C(C)C)C(C)C. The highest BCUT2D eigenvalue weighted by atomic mass is 15.6. The van der Waals surface area contributed by atoms with Crippen LogP contribution in [0.15, 0.2) is 0 Å². The average Bonchev–Trinajstić information content (AvgIpc) is 1.85. The fraction of sp³-hybridized carbons (Fsp3) is 1.00. The second-order valence-electron chi connectivity index (χ2n) is 3.50. The van der Waals surface area contributed by atoms with Crippen LogP contribution in [0.5, 0.6) is 0 Å². The van der Waals surface area contributed by atoms with Gasteiger partial charge in [0.2, 0.25) is 0 Å². The quantitative estimate of drug-likeness (QED) is 0.363. The Kier molecular flexibility index (Phi) is 3.33. The van der Waals surface area contributed by atoms with Gasteiger partial charge in [-0.05, 0) is 34.6 Å². The maximum absolute atomic E-state index is 6.12. The summed E-state index contributed by atoms with van der Waals surface area (Å²) in [5, 5.41) is 0. The second kappa shape index (κ2) is 3.35. The molecule has 0 spiro atoms. The molecule has 2 heteroatoms. The van der Waals surface area contributed by atoms with Gasteiger partial charge in [0, 0.05) is 0 Å². The van der Waals surface area contributed by atoms with Gasteiger partial charge in [-0.3, -0.25) is 0 Å². The molecule has 0 bridgehead atoms. The topological polar surface area (TPSA) is 26.0 Å². The molecule has 62 valence electrons. The van der Waals surface area contributed by atoms with Gasteiger partial charge in [-0.25, -0.2) is 4.59 Å². The maximum atomic E-state index is 6.12. The number of rotatable bonds is 3. The van der Waals surface area contributed by atoms with Crippen LogP contribution in [-0.2, 0) is 0 Å². The van der Waals surface area contributed by atoms with E-state index in [1.54, 1.807) is 0 Å². The van der Waals surface area contributed by atoms with Crippen LogP contribution in [0.1, 0.15) is 34.6 Å². The molecule has 0 aromatic rings. The van der Waals surface area contributed by atoms with Crippen molar-refractivity contribution in [1.82, 2.24) is 0 Å². The van der Waals surface area contributed by atoms with Gasteiger partial charge >= 0.3 is 0 Å². The van der Waals surface area contributed by atoms with E-state index < -0.39 is 0 Å². The molecule has 0 aliphatic rings. The predicted molar refractivity (Wildman–Crippen MR) is 45.3 cm³/mol. The highest BCUT2D eigenvalue weighted by Crippen LogP contribution is 2.10. The van der Waals surface area contributed by atoms with E-state index in [2.05, 4.69) is 34.6 Å². The van der Waals surface area contributed by atoms with Crippen molar-refractivity contribution in [2.75, 3.05) is 6.54 Å². The third-order valence-electron chi connectivity index (χ3n) is 2.47. The van der Waals surface area contributed by atoms with Crippen LogP contribution < -0.4 is 5.84 Å². The first-order valence-corrected chi connectivity index (χ1v) is 4.11. The number of hydrogen-bond donors (Lipinski definition) is 1. The lowest BCUT2D eigenvalue weighted by atomic mass is 10.2. The number of hydrogen-bond acceptors (Lipinski definition) is 1. The summed E-state index contributed by atoms with van der Waals surface area (Å²) < 4.78 is 0.681. The molecular formula is C8H21N2+. The van der Waals surface area contributed by atoms with E-state index in [-0.39, 0.29) is 0 Å². The fourth-order valence-electron chi connectivity index (χ4n) is 1.33. The summed E-state index contributed by atoms with van der Waals surface area (Å²) in [5.41, 5.74) is 0. The summed E-state index contributed by atoms with van der Waals surface area (Å²) in [6.07, 6.45) is 0. The molecule has 0 saturated carbocycles. The summed E-state index contributed by atoms with van der Waals surface area (Å²) >= 11 is 0. The average molecular weight is 145 g/mol.